The van der Waals surface area contributed by atoms with Crippen molar-refractivity contribution in [1.82, 2.24) is 4.57 Å². The molecule has 1 aliphatic heterocycles. The molecule has 3 N–H and O–H groups in total. The minimum atomic E-state index is -3.86. The van der Waals surface area contributed by atoms with Gasteiger partial charge in [0.2, 0.25) is 15.9 Å². The van der Waals surface area contributed by atoms with Gasteiger partial charge < -0.3 is 9.84 Å². The number of benzene rings is 3. The molecule has 0 saturated heterocycles. The van der Waals surface area contributed by atoms with E-state index in [1.165, 1.54) is 35.9 Å². The van der Waals surface area contributed by atoms with Crippen molar-refractivity contribution in [2.45, 2.75) is 4.90 Å². The third kappa shape index (κ3) is 4.33. The van der Waals surface area contributed by atoms with Gasteiger partial charge >= 0.3 is 0 Å². The lowest BCUT2D eigenvalue weighted by Crippen LogP contribution is -2.23. The zero-order valence-corrected chi connectivity index (χ0v) is 20.9. The van der Waals surface area contributed by atoms with Crippen molar-refractivity contribution < 1.29 is 23.1 Å². The summed E-state index contributed by atoms with van der Waals surface area (Å²) in [5.74, 6) is -0.170. The quantitative estimate of drug-likeness (QED) is 0.399. The van der Waals surface area contributed by atoms with Gasteiger partial charge in [0.25, 0.3) is 5.91 Å². The van der Waals surface area contributed by atoms with Crippen LogP contribution in [0.25, 0.3) is 11.3 Å². The number of hydrogen-bond acceptors (Lipinski definition) is 7. The van der Waals surface area contributed by atoms with Gasteiger partial charge in [0.1, 0.15) is 10.6 Å². The van der Waals surface area contributed by atoms with Crippen LogP contribution in [0.5, 0.6) is 11.6 Å². The Kier molecular flexibility index (Phi) is 6.00. The normalized spacial score (nSPS) is 13.6. The molecular formula is C24H17ClN4O5S2. The molecule has 0 bridgehead atoms. The molecule has 0 aliphatic carbocycles. The van der Waals surface area contributed by atoms with Crippen LogP contribution in [-0.4, -0.2) is 31.1 Å². The molecule has 2 heterocycles. The summed E-state index contributed by atoms with van der Waals surface area (Å²) in [6.45, 7) is 0. The van der Waals surface area contributed by atoms with E-state index < -0.39 is 15.9 Å². The fourth-order valence-electron chi connectivity index (χ4n) is 3.69. The number of aromatic hydroxyl groups is 1. The van der Waals surface area contributed by atoms with Gasteiger partial charge in [0.05, 0.1) is 34.3 Å². The van der Waals surface area contributed by atoms with Crippen molar-refractivity contribution in [2.24, 2.45) is 15.1 Å². The first kappa shape index (κ1) is 23.9. The largest absolute Gasteiger partial charge is 0.497 e. The SMILES string of the molecule is COc1ccc2c(c1)=C(c1sc(=Nc3ccc(S(N)(=O)=O)cc3)n(-c3ccc(Cl)cc3)c1O)C(=O)N=2. The fraction of sp³-hybridized carbons (Fsp3) is 0.0417. The van der Waals surface area contributed by atoms with Gasteiger partial charge in [-0.2, -0.15) is 0 Å². The number of methoxy groups -OCH3 is 1. The molecule has 0 radical (unpaired) electrons. The van der Waals surface area contributed by atoms with Crippen LogP contribution in [0.1, 0.15) is 4.88 Å². The van der Waals surface area contributed by atoms with Crippen LogP contribution in [0.4, 0.5) is 5.69 Å². The van der Waals surface area contributed by atoms with E-state index in [1.807, 2.05) is 0 Å². The lowest BCUT2D eigenvalue weighted by molar-refractivity contribution is -0.112. The van der Waals surface area contributed by atoms with Crippen LogP contribution in [-0.2, 0) is 14.8 Å². The number of amides is 1. The van der Waals surface area contributed by atoms with Crippen LogP contribution in [0, 0.1) is 0 Å². The smallest absolute Gasteiger partial charge is 0.279 e. The van der Waals surface area contributed by atoms with Crippen LogP contribution >= 0.6 is 22.9 Å². The molecule has 9 nitrogen and oxygen atoms in total. The number of aromatic nitrogens is 1. The molecule has 0 saturated carbocycles. The molecule has 4 aromatic rings. The van der Waals surface area contributed by atoms with Crippen molar-refractivity contribution in [3.8, 4) is 17.3 Å². The Bertz CT molecular complexity index is 1830. The third-order valence-electron chi connectivity index (χ3n) is 5.41. The monoisotopic (exact) mass is 540 g/mol. The molecule has 0 unspecified atom stereocenters. The molecule has 1 aliphatic rings. The van der Waals surface area contributed by atoms with Gasteiger partial charge in [-0.3, -0.25) is 9.36 Å². The highest BCUT2D eigenvalue weighted by atomic mass is 35.5. The van der Waals surface area contributed by atoms with Gasteiger partial charge in [0.15, 0.2) is 4.80 Å². The zero-order valence-electron chi connectivity index (χ0n) is 18.5. The summed E-state index contributed by atoms with van der Waals surface area (Å²) < 4.78 is 30.0. The van der Waals surface area contributed by atoms with Gasteiger partial charge in [0, 0.05) is 10.2 Å². The first-order chi connectivity index (χ1) is 17.2. The molecule has 0 fully saturated rings. The minimum absolute atomic E-state index is 0.0546. The number of thiazole rings is 1. The Morgan fingerprint density at radius 1 is 1.08 bits per heavy atom. The fourth-order valence-corrected chi connectivity index (χ4v) is 5.43. The molecule has 182 valence electrons. The Balaban J connectivity index is 1.78. The highest BCUT2D eigenvalue weighted by Gasteiger charge is 2.26. The van der Waals surface area contributed by atoms with E-state index in [4.69, 9.17) is 21.5 Å². The molecule has 0 atom stereocenters. The molecule has 36 heavy (non-hydrogen) atoms. The second-order valence-electron chi connectivity index (χ2n) is 7.67. The van der Waals surface area contributed by atoms with Gasteiger partial charge in [-0.25, -0.2) is 23.5 Å². The van der Waals surface area contributed by atoms with E-state index in [9.17, 15) is 18.3 Å². The van der Waals surface area contributed by atoms with Crippen molar-refractivity contribution in [1.29, 1.82) is 0 Å². The average Bonchev–Trinajstić information content (AvgIpc) is 3.33. The van der Waals surface area contributed by atoms with E-state index in [1.54, 1.807) is 42.5 Å². The van der Waals surface area contributed by atoms with E-state index >= 15 is 0 Å². The number of rotatable bonds is 5. The predicted molar refractivity (Wildman–Crippen MR) is 135 cm³/mol. The molecule has 0 spiro atoms. The Morgan fingerprint density at radius 3 is 2.42 bits per heavy atom. The first-order valence-electron chi connectivity index (χ1n) is 10.4. The lowest BCUT2D eigenvalue weighted by atomic mass is 10.1. The van der Waals surface area contributed by atoms with Crippen molar-refractivity contribution in [2.75, 3.05) is 7.11 Å². The number of halogens is 1. The zero-order chi connectivity index (χ0) is 25.6. The maximum atomic E-state index is 12.9. The second-order valence-corrected chi connectivity index (χ2v) is 10.7. The minimum Gasteiger partial charge on any atom is -0.497 e. The molecular weight excluding hydrogens is 524 g/mol. The molecule has 12 heteroatoms. The number of sulfonamides is 1. The van der Waals surface area contributed by atoms with Crippen LogP contribution in [0.2, 0.25) is 5.02 Å². The number of hydrogen-bond donors (Lipinski definition) is 2. The van der Waals surface area contributed by atoms with Crippen LogP contribution in [0.15, 0.2) is 81.6 Å². The number of fused-ring (bicyclic) bond motifs is 1. The van der Waals surface area contributed by atoms with E-state index in [-0.39, 0.29) is 21.2 Å². The number of nitrogens with two attached hydrogens (primary N) is 1. The summed E-state index contributed by atoms with van der Waals surface area (Å²) in [4.78, 5) is 22.1. The number of nitrogens with zero attached hydrogens (tertiary/aromatic N) is 3. The Labute approximate surface area is 213 Å². The summed E-state index contributed by atoms with van der Waals surface area (Å²) in [5.41, 5.74) is 1.18. The number of carbonyl (C=O) groups is 1. The lowest BCUT2D eigenvalue weighted by Gasteiger charge is -2.06. The van der Waals surface area contributed by atoms with E-state index in [0.717, 1.165) is 11.3 Å². The molecule has 5 rings (SSSR count). The summed E-state index contributed by atoms with van der Waals surface area (Å²) in [7, 11) is -2.34. The number of primary sulfonamides is 1. The van der Waals surface area contributed by atoms with Crippen LogP contribution < -0.4 is 25.3 Å². The topological polar surface area (TPSA) is 136 Å². The van der Waals surface area contributed by atoms with Crippen molar-refractivity contribution >= 4 is 50.1 Å². The van der Waals surface area contributed by atoms with Crippen molar-refractivity contribution in [3.05, 3.63) is 92.0 Å². The summed E-state index contributed by atoms with van der Waals surface area (Å²) in [5, 5.41) is 18.0. The predicted octanol–water partition coefficient (Wildman–Crippen LogP) is 2.15. The summed E-state index contributed by atoms with van der Waals surface area (Å²) >= 11 is 7.13. The Morgan fingerprint density at radius 2 is 1.78 bits per heavy atom. The second kappa shape index (κ2) is 9.03. The highest BCUT2D eigenvalue weighted by Crippen LogP contribution is 2.31. The van der Waals surface area contributed by atoms with E-state index in [0.29, 0.717) is 37.5 Å². The standard InChI is InChI=1S/C24H17ClN4O5S2/c1-34-16-8-11-19-18(12-16)20(22(30)28-19)21-23(31)29(15-6-2-13(25)3-7-15)24(35-21)27-14-4-9-17(10-5-14)36(26,32)33/h2-12,31H,1H3,(H2,26,32,33). The van der Waals surface area contributed by atoms with Crippen molar-refractivity contribution in [3.63, 3.8) is 0 Å². The summed E-state index contributed by atoms with van der Waals surface area (Å²) in [6, 6.07) is 17.4. The van der Waals surface area contributed by atoms with Crippen LogP contribution in [0.3, 0.4) is 0 Å². The molecule has 1 amide bonds. The number of ether oxygens (including phenoxy) is 1. The molecule has 1 aromatic heterocycles. The number of carbonyl (C=O) groups excluding carboxylic acids is 1. The third-order valence-corrected chi connectivity index (χ3v) is 7.64. The maximum absolute atomic E-state index is 12.9. The first-order valence-corrected chi connectivity index (χ1v) is 13.1. The van der Waals surface area contributed by atoms with Gasteiger partial charge in [-0.05, 0) is 66.7 Å². The van der Waals surface area contributed by atoms with Gasteiger partial charge in [-0.1, -0.05) is 22.9 Å². The highest BCUT2D eigenvalue weighted by molar-refractivity contribution is 7.89. The Hall–Kier alpha value is -3.77. The maximum Gasteiger partial charge on any atom is 0.279 e. The van der Waals surface area contributed by atoms with E-state index in [2.05, 4.69) is 9.98 Å². The summed E-state index contributed by atoms with van der Waals surface area (Å²) in [6.07, 6.45) is 0. The average molecular weight is 541 g/mol. The van der Waals surface area contributed by atoms with Gasteiger partial charge in [-0.15, -0.1) is 0 Å². The molecule has 3 aromatic carbocycles.